The molecular formula is C15H14N4O2. The Hall–Kier alpha value is -2.89. The van der Waals surface area contributed by atoms with Crippen molar-refractivity contribution in [1.82, 2.24) is 14.5 Å². The number of pyridine rings is 1. The number of H-pyrrole nitrogens is 1. The Kier molecular flexibility index (Phi) is 3.06. The van der Waals surface area contributed by atoms with Crippen molar-refractivity contribution in [3.63, 3.8) is 0 Å². The molecule has 2 aromatic heterocycles. The monoisotopic (exact) mass is 282 g/mol. The van der Waals surface area contributed by atoms with E-state index in [0.29, 0.717) is 17.0 Å². The summed E-state index contributed by atoms with van der Waals surface area (Å²) < 4.78 is 1.37. The Bertz CT molecular complexity index is 923. The Morgan fingerprint density at radius 1 is 1.24 bits per heavy atom. The second-order valence-electron chi connectivity index (χ2n) is 4.75. The minimum absolute atomic E-state index is 0.286. The van der Waals surface area contributed by atoms with Crippen molar-refractivity contribution in [2.45, 2.75) is 13.3 Å². The zero-order valence-corrected chi connectivity index (χ0v) is 11.5. The van der Waals surface area contributed by atoms with Crippen molar-refractivity contribution in [3.05, 3.63) is 62.9 Å². The standard InChI is InChI=1S/C15H14N4O2/c1-2-9-3-5-11(6-4-9)19-13-12(7-10(16)8-17-13)14(20)18-15(19)21/h3-8H,2,16H2,1H3,(H,18,20,21). The molecule has 0 fully saturated rings. The van der Waals surface area contributed by atoms with Gasteiger partial charge in [0, 0.05) is 0 Å². The summed E-state index contributed by atoms with van der Waals surface area (Å²) >= 11 is 0. The lowest BCUT2D eigenvalue weighted by Crippen LogP contribution is -2.29. The number of hydrogen-bond donors (Lipinski definition) is 2. The second-order valence-corrected chi connectivity index (χ2v) is 4.75. The molecule has 0 spiro atoms. The molecule has 106 valence electrons. The van der Waals surface area contributed by atoms with E-state index in [1.807, 2.05) is 24.3 Å². The van der Waals surface area contributed by atoms with Crippen molar-refractivity contribution in [2.24, 2.45) is 0 Å². The minimum atomic E-state index is -0.519. The first-order chi connectivity index (χ1) is 10.1. The molecule has 0 aliphatic carbocycles. The quantitative estimate of drug-likeness (QED) is 0.739. The van der Waals surface area contributed by atoms with Crippen LogP contribution in [0.15, 0.2) is 46.1 Å². The van der Waals surface area contributed by atoms with Gasteiger partial charge < -0.3 is 5.73 Å². The fraction of sp³-hybridized carbons (Fsp3) is 0.133. The van der Waals surface area contributed by atoms with Gasteiger partial charge in [0.1, 0.15) is 0 Å². The van der Waals surface area contributed by atoms with Gasteiger partial charge in [-0.15, -0.1) is 0 Å². The number of anilines is 1. The van der Waals surface area contributed by atoms with Crippen molar-refractivity contribution in [1.29, 1.82) is 0 Å². The molecular weight excluding hydrogens is 268 g/mol. The summed E-state index contributed by atoms with van der Waals surface area (Å²) in [6, 6.07) is 9.05. The highest BCUT2D eigenvalue weighted by molar-refractivity contribution is 5.78. The first-order valence-electron chi connectivity index (χ1n) is 6.60. The van der Waals surface area contributed by atoms with Gasteiger partial charge in [-0.25, -0.2) is 14.3 Å². The molecule has 0 saturated heterocycles. The van der Waals surface area contributed by atoms with Crippen LogP contribution in [0.25, 0.3) is 16.7 Å². The SMILES string of the molecule is CCc1ccc(-n2c(=O)[nH]c(=O)c3cc(N)cnc32)cc1. The fourth-order valence-electron chi connectivity index (χ4n) is 2.26. The van der Waals surface area contributed by atoms with Crippen LogP contribution >= 0.6 is 0 Å². The Balaban J connectivity index is 2.35. The van der Waals surface area contributed by atoms with Crippen LogP contribution in [0.2, 0.25) is 0 Å². The van der Waals surface area contributed by atoms with Crippen molar-refractivity contribution < 1.29 is 0 Å². The van der Waals surface area contributed by atoms with Gasteiger partial charge in [-0.05, 0) is 30.2 Å². The van der Waals surface area contributed by atoms with E-state index in [1.165, 1.54) is 16.8 Å². The zero-order chi connectivity index (χ0) is 15.0. The van der Waals surface area contributed by atoms with E-state index in [-0.39, 0.29) is 5.39 Å². The smallest absolute Gasteiger partial charge is 0.334 e. The van der Waals surface area contributed by atoms with Gasteiger partial charge in [0.2, 0.25) is 0 Å². The first kappa shape index (κ1) is 13.1. The van der Waals surface area contributed by atoms with Gasteiger partial charge in [0.25, 0.3) is 5.56 Å². The average molecular weight is 282 g/mol. The predicted octanol–water partition coefficient (Wildman–Crippen LogP) is 1.22. The van der Waals surface area contributed by atoms with Gasteiger partial charge in [-0.3, -0.25) is 9.78 Å². The van der Waals surface area contributed by atoms with E-state index in [1.54, 1.807) is 0 Å². The molecule has 0 atom stereocenters. The molecule has 0 radical (unpaired) electrons. The van der Waals surface area contributed by atoms with E-state index < -0.39 is 11.2 Å². The summed E-state index contributed by atoms with van der Waals surface area (Å²) in [5, 5.41) is 0.286. The van der Waals surface area contributed by atoms with Gasteiger partial charge >= 0.3 is 5.69 Å². The molecule has 0 aliphatic heterocycles. The lowest BCUT2D eigenvalue weighted by Gasteiger charge is -2.09. The molecule has 0 saturated carbocycles. The van der Waals surface area contributed by atoms with Crippen LogP contribution in [0.1, 0.15) is 12.5 Å². The molecule has 6 heteroatoms. The highest BCUT2D eigenvalue weighted by Gasteiger charge is 2.10. The molecule has 6 nitrogen and oxygen atoms in total. The maximum Gasteiger partial charge on any atom is 0.334 e. The van der Waals surface area contributed by atoms with Crippen molar-refractivity contribution in [3.8, 4) is 5.69 Å². The summed E-state index contributed by atoms with van der Waals surface area (Å²) in [7, 11) is 0. The number of aromatic amines is 1. The third-order valence-electron chi connectivity index (χ3n) is 3.37. The maximum atomic E-state index is 12.1. The largest absolute Gasteiger partial charge is 0.397 e. The number of nitrogens with two attached hydrogens (primary N) is 1. The van der Waals surface area contributed by atoms with Gasteiger partial charge in [-0.2, -0.15) is 0 Å². The predicted molar refractivity (Wildman–Crippen MR) is 81.8 cm³/mol. The second kappa shape index (κ2) is 4.90. The molecule has 0 aliphatic rings. The first-order valence-corrected chi connectivity index (χ1v) is 6.60. The van der Waals surface area contributed by atoms with Crippen molar-refractivity contribution >= 4 is 16.7 Å². The molecule has 1 aromatic carbocycles. The molecule has 3 aromatic rings. The molecule has 0 bridgehead atoms. The van der Waals surface area contributed by atoms with E-state index in [4.69, 9.17) is 5.73 Å². The number of nitrogens with one attached hydrogen (secondary N) is 1. The van der Waals surface area contributed by atoms with Gasteiger partial charge in [0.15, 0.2) is 5.65 Å². The molecule has 3 N–H and O–H groups in total. The number of fused-ring (bicyclic) bond motifs is 1. The van der Waals surface area contributed by atoms with Crippen LogP contribution in [0.4, 0.5) is 5.69 Å². The summed E-state index contributed by atoms with van der Waals surface area (Å²) in [6.45, 7) is 2.06. The number of hydrogen-bond acceptors (Lipinski definition) is 4. The summed E-state index contributed by atoms with van der Waals surface area (Å²) in [5.41, 5.74) is 7.13. The zero-order valence-electron chi connectivity index (χ0n) is 11.5. The van der Waals surface area contributed by atoms with Crippen LogP contribution in [-0.2, 0) is 6.42 Å². The lowest BCUT2D eigenvalue weighted by atomic mass is 10.1. The summed E-state index contributed by atoms with van der Waals surface area (Å²) in [5.74, 6) is 0. The van der Waals surface area contributed by atoms with E-state index in [9.17, 15) is 9.59 Å². The molecule has 0 unspecified atom stereocenters. The van der Waals surface area contributed by atoms with Crippen LogP contribution in [-0.4, -0.2) is 14.5 Å². The molecule has 3 rings (SSSR count). The number of aryl methyl sites for hydroxylation is 1. The van der Waals surface area contributed by atoms with Gasteiger partial charge in [0.05, 0.1) is 23.0 Å². The number of nitrogen functional groups attached to an aromatic ring is 1. The van der Waals surface area contributed by atoms with E-state index in [2.05, 4.69) is 16.9 Å². The topological polar surface area (TPSA) is 93.8 Å². The van der Waals surface area contributed by atoms with Crippen molar-refractivity contribution in [2.75, 3.05) is 5.73 Å². The Morgan fingerprint density at radius 2 is 1.95 bits per heavy atom. The Labute approximate surface area is 119 Å². The van der Waals surface area contributed by atoms with E-state index in [0.717, 1.165) is 12.0 Å². The minimum Gasteiger partial charge on any atom is -0.397 e. The number of aromatic nitrogens is 3. The lowest BCUT2D eigenvalue weighted by molar-refractivity contribution is 0.924. The number of nitrogens with zero attached hydrogens (tertiary/aromatic N) is 2. The van der Waals surface area contributed by atoms with Gasteiger partial charge in [-0.1, -0.05) is 19.1 Å². The Morgan fingerprint density at radius 3 is 2.62 bits per heavy atom. The molecule has 21 heavy (non-hydrogen) atoms. The molecule has 0 amide bonds. The average Bonchev–Trinajstić information content (AvgIpc) is 2.48. The highest BCUT2D eigenvalue weighted by atomic mass is 16.2. The maximum absolute atomic E-state index is 12.1. The summed E-state index contributed by atoms with van der Waals surface area (Å²) in [6.07, 6.45) is 2.34. The van der Waals surface area contributed by atoms with Crippen LogP contribution in [0.5, 0.6) is 0 Å². The van der Waals surface area contributed by atoms with E-state index >= 15 is 0 Å². The summed E-state index contributed by atoms with van der Waals surface area (Å²) in [4.78, 5) is 30.4. The molecule has 2 heterocycles. The number of benzene rings is 1. The fourth-order valence-corrected chi connectivity index (χ4v) is 2.26. The normalized spacial score (nSPS) is 10.9. The third-order valence-corrected chi connectivity index (χ3v) is 3.37. The van der Waals surface area contributed by atoms with Crippen LogP contribution < -0.4 is 17.0 Å². The number of rotatable bonds is 2. The third kappa shape index (κ3) is 2.20. The van der Waals surface area contributed by atoms with Crippen LogP contribution in [0.3, 0.4) is 0 Å². The highest BCUT2D eigenvalue weighted by Crippen LogP contribution is 2.14. The van der Waals surface area contributed by atoms with Crippen LogP contribution in [0, 0.1) is 0 Å².